The molecule has 1 aliphatic rings. The van der Waals surface area contributed by atoms with Crippen LogP contribution in [0.5, 0.6) is 0 Å². The summed E-state index contributed by atoms with van der Waals surface area (Å²) in [7, 11) is 0. The Morgan fingerprint density at radius 2 is 2.00 bits per heavy atom. The molecule has 122 valence electrons. The molecule has 2 aromatic heterocycles. The van der Waals surface area contributed by atoms with Gasteiger partial charge in [-0.3, -0.25) is 4.99 Å². The summed E-state index contributed by atoms with van der Waals surface area (Å²) in [5.41, 5.74) is 6.06. The van der Waals surface area contributed by atoms with Gasteiger partial charge in [0.1, 0.15) is 0 Å². The Balaban J connectivity index is 1.47. The Hall–Kier alpha value is -2.71. The van der Waals surface area contributed by atoms with E-state index in [9.17, 15) is 0 Å². The number of nitrogens with two attached hydrogens (primary N) is 1. The quantitative estimate of drug-likeness (QED) is 0.612. The third kappa shape index (κ3) is 3.93. The lowest BCUT2D eigenvalue weighted by Gasteiger charge is -2.35. The third-order valence-corrected chi connectivity index (χ3v) is 3.61. The number of aryl methyl sites for hydroxylation is 1. The van der Waals surface area contributed by atoms with Crippen LogP contribution >= 0.6 is 0 Å². The van der Waals surface area contributed by atoms with Crippen molar-refractivity contribution in [3.63, 3.8) is 0 Å². The molecule has 0 atom stereocenters. The molecule has 0 radical (unpaired) electrons. The average molecular weight is 316 g/mol. The second-order valence-corrected chi connectivity index (χ2v) is 5.25. The van der Waals surface area contributed by atoms with Crippen LogP contribution in [-0.4, -0.2) is 63.7 Å². The number of anilines is 1. The molecule has 0 aliphatic carbocycles. The lowest BCUT2D eigenvalue weighted by Crippen LogP contribution is -2.51. The maximum atomic E-state index is 6.06. The van der Waals surface area contributed by atoms with Gasteiger partial charge in [-0.1, -0.05) is 5.16 Å². The first-order valence-corrected chi connectivity index (χ1v) is 7.58. The molecule has 3 heterocycles. The monoisotopic (exact) mass is 316 g/mol. The minimum atomic E-state index is 0.537. The zero-order valence-corrected chi connectivity index (χ0v) is 13.1. The van der Waals surface area contributed by atoms with Crippen molar-refractivity contribution in [2.45, 2.75) is 13.3 Å². The summed E-state index contributed by atoms with van der Waals surface area (Å²) in [6, 6.07) is 1.81. The molecule has 9 nitrogen and oxygen atoms in total. The highest BCUT2D eigenvalue weighted by atomic mass is 16.5. The van der Waals surface area contributed by atoms with E-state index in [4.69, 9.17) is 10.3 Å². The Morgan fingerprint density at radius 3 is 2.65 bits per heavy atom. The van der Waals surface area contributed by atoms with Crippen molar-refractivity contribution in [1.29, 1.82) is 0 Å². The number of aromatic nitrogens is 4. The minimum absolute atomic E-state index is 0.537. The molecule has 1 saturated heterocycles. The SMILES string of the molecule is Cc1noc(CCN=C(N)N2CCN(c3ncccn3)CC2)n1. The molecule has 0 saturated carbocycles. The molecule has 3 rings (SSSR count). The van der Waals surface area contributed by atoms with Crippen molar-refractivity contribution in [3.05, 3.63) is 30.2 Å². The number of hydrogen-bond donors (Lipinski definition) is 1. The Bertz CT molecular complexity index is 648. The van der Waals surface area contributed by atoms with Gasteiger partial charge in [-0.2, -0.15) is 4.98 Å². The fourth-order valence-corrected chi connectivity index (χ4v) is 2.40. The fraction of sp³-hybridized carbons (Fsp3) is 0.500. The maximum Gasteiger partial charge on any atom is 0.228 e. The van der Waals surface area contributed by atoms with Gasteiger partial charge in [0, 0.05) is 45.0 Å². The van der Waals surface area contributed by atoms with Crippen LogP contribution < -0.4 is 10.6 Å². The summed E-state index contributed by atoms with van der Waals surface area (Å²) in [6.07, 6.45) is 4.10. The molecular formula is C14H20N8O. The molecule has 23 heavy (non-hydrogen) atoms. The van der Waals surface area contributed by atoms with E-state index >= 15 is 0 Å². The second kappa shape index (κ2) is 7.03. The van der Waals surface area contributed by atoms with Crippen molar-refractivity contribution < 1.29 is 4.52 Å². The molecule has 0 unspecified atom stereocenters. The predicted octanol–water partition coefficient (Wildman–Crippen LogP) is -0.153. The Kier molecular flexibility index (Phi) is 4.65. The van der Waals surface area contributed by atoms with Crippen LogP contribution in [0.15, 0.2) is 28.0 Å². The average Bonchev–Trinajstić information content (AvgIpc) is 3.01. The van der Waals surface area contributed by atoms with Crippen LogP contribution in [0.3, 0.4) is 0 Å². The van der Waals surface area contributed by atoms with Gasteiger partial charge in [0.25, 0.3) is 0 Å². The van der Waals surface area contributed by atoms with Gasteiger partial charge in [0.15, 0.2) is 11.8 Å². The molecule has 2 aromatic rings. The smallest absolute Gasteiger partial charge is 0.228 e. The van der Waals surface area contributed by atoms with Crippen molar-refractivity contribution in [2.24, 2.45) is 10.7 Å². The number of piperazine rings is 1. The number of hydrogen-bond acceptors (Lipinski definition) is 7. The van der Waals surface area contributed by atoms with E-state index in [1.165, 1.54) is 0 Å². The summed E-state index contributed by atoms with van der Waals surface area (Å²) >= 11 is 0. The van der Waals surface area contributed by atoms with E-state index in [1.807, 2.05) is 6.07 Å². The Morgan fingerprint density at radius 1 is 1.26 bits per heavy atom. The summed E-state index contributed by atoms with van der Waals surface area (Å²) < 4.78 is 5.05. The predicted molar refractivity (Wildman–Crippen MR) is 85.0 cm³/mol. The first-order chi connectivity index (χ1) is 11.2. The van der Waals surface area contributed by atoms with Crippen LogP contribution in [0.25, 0.3) is 0 Å². The van der Waals surface area contributed by atoms with Gasteiger partial charge in [-0.05, 0) is 13.0 Å². The highest BCUT2D eigenvalue weighted by Gasteiger charge is 2.19. The second-order valence-electron chi connectivity index (χ2n) is 5.25. The molecule has 1 fully saturated rings. The van der Waals surface area contributed by atoms with E-state index in [2.05, 4.69) is 34.9 Å². The van der Waals surface area contributed by atoms with E-state index in [0.717, 1.165) is 32.1 Å². The largest absolute Gasteiger partial charge is 0.370 e. The summed E-state index contributed by atoms with van der Waals surface area (Å²) in [4.78, 5) is 21.3. The number of nitrogens with zero attached hydrogens (tertiary/aromatic N) is 7. The molecule has 0 aromatic carbocycles. The van der Waals surface area contributed by atoms with Crippen LogP contribution in [0.2, 0.25) is 0 Å². The van der Waals surface area contributed by atoms with Gasteiger partial charge in [-0.25, -0.2) is 9.97 Å². The fourth-order valence-electron chi connectivity index (χ4n) is 2.40. The number of rotatable bonds is 4. The van der Waals surface area contributed by atoms with E-state index < -0.39 is 0 Å². The molecule has 0 bridgehead atoms. The lowest BCUT2D eigenvalue weighted by atomic mass is 10.3. The molecule has 9 heteroatoms. The standard InChI is InChI=1S/C14H20N8O/c1-11-19-12(23-20-11)3-6-16-13(15)21-7-9-22(10-8-21)14-17-4-2-5-18-14/h2,4-5H,3,6-10H2,1H3,(H2,15,16). The summed E-state index contributed by atoms with van der Waals surface area (Å²) in [5, 5.41) is 3.75. The third-order valence-electron chi connectivity index (χ3n) is 3.61. The lowest BCUT2D eigenvalue weighted by molar-refractivity contribution is 0.371. The van der Waals surface area contributed by atoms with E-state index in [0.29, 0.717) is 30.6 Å². The van der Waals surface area contributed by atoms with Gasteiger partial charge in [-0.15, -0.1) is 0 Å². The molecular weight excluding hydrogens is 296 g/mol. The van der Waals surface area contributed by atoms with Crippen LogP contribution in [0.1, 0.15) is 11.7 Å². The zero-order valence-electron chi connectivity index (χ0n) is 13.1. The summed E-state index contributed by atoms with van der Waals surface area (Å²) in [5.74, 6) is 2.53. The van der Waals surface area contributed by atoms with Crippen LogP contribution in [-0.2, 0) is 6.42 Å². The van der Waals surface area contributed by atoms with Gasteiger partial charge < -0.3 is 20.1 Å². The van der Waals surface area contributed by atoms with Gasteiger partial charge in [0.05, 0.1) is 6.54 Å². The Labute approximate surface area is 134 Å². The number of aliphatic imine (C=N–C) groups is 1. The van der Waals surface area contributed by atoms with Crippen LogP contribution in [0, 0.1) is 6.92 Å². The van der Waals surface area contributed by atoms with E-state index in [-0.39, 0.29) is 0 Å². The first kappa shape index (κ1) is 15.2. The first-order valence-electron chi connectivity index (χ1n) is 7.58. The molecule has 0 amide bonds. The van der Waals surface area contributed by atoms with Crippen molar-refractivity contribution in [1.82, 2.24) is 25.0 Å². The molecule has 0 spiro atoms. The highest BCUT2D eigenvalue weighted by Crippen LogP contribution is 2.09. The van der Waals surface area contributed by atoms with Crippen LogP contribution in [0.4, 0.5) is 5.95 Å². The van der Waals surface area contributed by atoms with Gasteiger partial charge >= 0.3 is 0 Å². The van der Waals surface area contributed by atoms with Crippen molar-refractivity contribution >= 4 is 11.9 Å². The molecule has 1 aliphatic heterocycles. The van der Waals surface area contributed by atoms with Crippen molar-refractivity contribution in [2.75, 3.05) is 37.6 Å². The zero-order chi connectivity index (χ0) is 16.1. The summed E-state index contributed by atoms with van der Waals surface area (Å²) in [6.45, 7) is 5.57. The normalized spacial score (nSPS) is 16.0. The minimum Gasteiger partial charge on any atom is -0.370 e. The van der Waals surface area contributed by atoms with Gasteiger partial charge in [0.2, 0.25) is 11.8 Å². The molecule has 2 N–H and O–H groups in total. The highest BCUT2D eigenvalue weighted by molar-refractivity contribution is 5.78. The van der Waals surface area contributed by atoms with Crippen molar-refractivity contribution in [3.8, 4) is 0 Å². The maximum absolute atomic E-state index is 6.06. The number of guanidine groups is 1. The topological polar surface area (TPSA) is 110 Å². The van der Waals surface area contributed by atoms with E-state index in [1.54, 1.807) is 19.3 Å².